The van der Waals surface area contributed by atoms with Crippen molar-refractivity contribution in [3.8, 4) is 0 Å². The minimum Gasteiger partial charge on any atom is -0.258 e. The van der Waals surface area contributed by atoms with Gasteiger partial charge in [-0.1, -0.05) is 23.7 Å². The minimum absolute atomic E-state index is 0.0703. The highest BCUT2D eigenvalue weighted by molar-refractivity contribution is 7.89. The molecule has 0 aliphatic heterocycles. The molecule has 3 rings (SSSR count). The maximum absolute atomic E-state index is 12.7. The zero-order chi connectivity index (χ0) is 17.5. The van der Waals surface area contributed by atoms with Gasteiger partial charge in [-0.15, -0.1) is 0 Å². The number of sulfonamides is 1. The van der Waals surface area contributed by atoms with E-state index in [1.165, 1.54) is 25.1 Å². The Morgan fingerprint density at radius 3 is 2.75 bits per heavy atom. The number of nitrogens with zero attached hydrogens (tertiary/aromatic N) is 1. The van der Waals surface area contributed by atoms with Crippen molar-refractivity contribution in [2.45, 2.75) is 30.7 Å². The summed E-state index contributed by atoms with van der Waals surface area (Å²) in [6.07, 6.45) is 1.36. The summed E-state index contributed by atoms with van der Waals surface area (Å²) in [5.74, 6) is 0. The molecule has 8 heteroatoms. The molecule has 0 bridgehead atoms. The highest BCUT2D eigenvalue weighted by Gasteiger charge is 2.29. The van der Waals surface area contributed by atoms with Crippen LogP contribution in [0.3, 0.4) is 0 Å². The van der Waals surface area contributed by atoms with Crippen LogP contribution >= 0.6 is 11.6 Å². The van der Waals surface area contributed by atoms with Crippen LogP contribution < -0.4 is 4.72 Å². The number of nitro groups is 1. The van der Waals surface area contributed by atoms with E-state index < -0.39 is 14.9 Å². The first-order valence-electron chi connectivity index (χ1n) is 7.34. The van der Waals surface area contributed by atoms with E-state index in [0.717, 1.165) is 17.5 Å². The Labute approximate surface area is 144 Å². The minimum atomic E-state index is -3.87. The quantitative estimate of drug-likeness (QED) is 0.662. The van der Waals surface area contributed by atoms with E-state index in [1.807, 2.05) is 12.1 Å². The van der Waals surface area contributed by atoms with E-state index >= 15 is 0 Å². The number of fused-ring (bicyclic) bond motifs is 1. The monoisotopic (exact) mass is 366 g/mol. The predicted octanol–water partition coefficient (Wildman–Crippen LogP) is 3.52. The molecule has 1 unspecified atom stereocenters. The maximum Gasteiger partial charge on any atom is 0.273 e. The lowest BCUT2D eigenvalue weighted by molar-refractivity contribution is -0.385. The van der Waals surface area contributed by atoms with Crippen LogP contribution in [0, 0.1) is 17.0 Å². The van der Waals surface area contributed by atoms with E-state index in [1.54, 1.807) is 6.07 Å². The molecule has 0 aromatic heterocycles. The van der Waals surface area contributed by atoms with Crippen LogP contribution in [0.2, 0.25) is 5.02 Å². The summed E-state index contributed by atoms with van der Waals surface area (Å²) in [6, 6.07) is 9.07. The van der Waals surface area contributed by atoms with Crippen LogP contribution in [-0.2, 0) is 16.4 Å². The summed E-state index contributed by atoms with van der Waals surface area (Å²) in [6.45, 7) is 1.44. The zero-order valence-corrected chi connectivity index (χ0v) is 14.4. The summed E-state index contributed by atoms with van der Waals surface area (Å²) >= 11 is 5.97. The van der Waals surface area contributed by atoms with Crippen LogP contribution in [0.5, 0.6) is 0 Å². The van der Waals surface area contributed by atoms with Gasteiger partial charge in [0.1, 0.15) is 0 Å². The van der Waals surface area contributed by atoms with Gasteiger partial charge in [-0.2, -0.15) is 0 Å². The lowest BCUT2D eigenvalue weighted by atomic mass is 10.1. The first-order chi connectivity index (χ1) is 11.3. The number of halogens is 1. The van der Waals surface area contributed by atoms with Crippen molar-refractivity contribution in [2.75, 3.05) is 0 Å². The Kier molecular flexibility index (Phi) is 4.33. The Morgan fingerprint density at radius 1 is 1.29 bits per heavy atom. The third-order valence-corrected chi connectivity index (χ3v) is 6.07. The Morgan fingerprint density at radius 2 is 2.04 bits per heavy atom. The first kappa shape index (κ1) is 16.9. The fourth-order valence-corrected chi connectivity index (χ4v) is 4.76. The number of hydrogen-bond acceptors (Lipinski definition) is 4. The molecule has 1 N–H and O–H groups in total. The van der Waals surface area contributed by atoms with Crippen LogP contribution in [0.25, 0.3) is 0 Å². The number of benzene rings is 2. The smallest absolute Gasteiger partial charge is 0.258 e. The summed E-state index contributed by atoms with van der Waals surface area (Å²) in [5.41, 5.74) is 1.83. The van der Waals surface area contributed by atoms with E-state index in [9.17, 15) is 18.5 Å². The second-order valence-electron chi connectivity index (χ2n) is 5.71. The van der Waals surface area contributed by atoms with E-state index in [4.69, 9.17) is 11.6 Å². The summed E-state index contributed by atoms with van der Waals surface area (Å²) in [4.78, 5) is 10.4. The molecule has 2 aromatic carbocycles. The zero-order valence-electron chi connectivity index (χ0n) is 12.8. The van der Waals surface area contributed by atoms with Crippen LogP contribution in [0.15, 0.2) is 41.3 Å². The van der Waals surface area contributed by atoms with Gasteiger partial charge >= 0.3 is 0 Å². The second-order valence-corrected chi connectivity index (χ2v) is 7.83. The topological polar surface area (TPSA) is 89.3 Å². The van der Waals surface area contributed by atoms with Crippen LogP contribution in [0.4, 0.5) is 5.69 Å². The van der Waals surface area contributed by atoms with E-state index in [2.05, 4.69) is 4.72 Å². The highest BCUT2D eigenvalue weighted by Crippen LogP contribution is 2.34. The molecule has 0 radical (unpaired) electrons. The number of rotatable bonds is 4. The van der Waals surface area contributed by atoms with E-state index in [-0.39, 0.29) is 22.2 Å². The maximum atomic E-state index is 12.7. The van der Waals surface area contributed by atoms with Gasteiger partial charge in [-0.3, -0.25) is 10.1 Å². The van der Waals surface area contributed by atoms with Gasteiger partial charge in [-0.25, -0.2) is 13.1 Å². The summed E-state index contributed by atoms with van der Waals surface area (Å²) in [7, 11) is -3.87. The number of hydrogen-bond donors (Lipinski definition) is 1. The van der Waals surface area contributed by atoms with Crippen molar-refractivity contribution in [3.05, 3.63) is 68.2 Å². The molecule has 1 aliphatic rings. The van der Waals surface area contributed by atoms with Gasteiger partial charge in [0.2, 0.25) is 10.0 Å². The van der Waals surface area contributed by atoms with Gasteiger partial charge in [0.15, 0.2) is 0 Å². The standard InChI is InChI=1S/C16H15ClN2O4S/c1-10-15(19(20)21)3-2-4-16(10)24(22,23)18-14-8-5-11-9-12(17)6-7-13(11)14/h2-4,6-7,9,14,18H,5,8H2,1H3. The van der Waals surface area contributed by atoms with Crippen LogP contribution in [0.1, 0.15) is 29.2 Å². The third kappa shape index (κ3) is 3.02. The predicted molar refractivity (Wildman–Crippen MR) is 90.7 cm³/mol. The Hall–Kier alpha value is -1.96. The molecule has 2 aromatic rings. The van der Waals surface area contributed by atoms with Gasteiger partial charge in [0.05, 0.1) is 9.82 Å². The molecule has 0 fully saturated rings. The molecule has 0 saturated heterocycles. The third-order valence-electron chi connectivity index (χ3n) is 4.22. The molecule has 126 valence electrons. The number of nitrogens with one attached hydrogen (secondary N) is 1. The molecule has 0 saturated carbocycles. The second kappa shape index (κ2) is 6.16. The van der Waals surface area contributed by atoms with Gasteiger partial charge in [0.25, 0.3) is 5.69 Å². The van der Waals surface area contributed by atoms with Crippen LogP contribution in [-0.4, -0.2) is 13.3 Å². The highest BCUT2D eigenvalue weighted by atomic mass is 35.5. The summed E-state index contributed by atoms with van der Waals surface area (Å²) < 4.78 is 28.1. The lowest BCUT2D eigenvalue weighted by Gasteiger charge is -2.16. The van der Waals surface area contributed by atoms with Crippen molar-refractivity contribution in [1.29, 1.82) is 0 Å². The number of nitro benzene ring substituents is 1. The lowest BCUT2D eigenvalue weighted by Crippen LogP contribution is -2.28. The SMILES string of the molecule is Cc1c([N+](=O)[O-])cccc1S(=O)(=O)NC1CCc2cc(Cl)ccc21. The fourth-order valence-electron chi connectivity index (χ4n) is 3.05. The molecular formula is C16H15ClN2O4S. The average Bonchev–Trinajstić information content (AvgIpc) is 2.88. The fraction of sp³-hybridized carbons (Fsp3) is 0.250. The van der Waals surface area contributed by atoms with Gasteiger partial charge in [0, 0.05) is 22.7 Å². The Bertz CT molecular complexity index is 928. The molecule has 0 spiro atoms. The Balaban J connectivity index is 1.94. The molecule has 1 aliphatic carbocycles. The molecule has 0 amide bonds. The molecule has 1 atom stereocenters. The first-order valence-corrected chi connectivity index (χ1v) is 9.20. The van der Waals surface area contributed by atoms with Crippen molar-refractivity contribution in [3.63, 3.8) is 0 Å². The van der Waals surface area contributed by atoms with Gasteiger partial charge in [-0.05, 0) is 49.1 Å². The average molecular weight is 367 g/mol. The largest absolute Gasteiger partial charge is 0.273 e. The summed E-state index contributed by atoms with van der Waals surface area (Å²) in [5, 5.41) is 11.6. The van der Waals surface area contributed by atoms with Crippen molar-refractivity contribution >= 4 is 27.3 Å². The molecular weight excluding hydrogens is 352 g/mol. The molecule has 6 nitrogen and oxygen atoms in total. The number of aryl methyl sites for hydroxylation is 1. The van der Waals surface area contributed by atoms with Crippen molar-refractivity contribution < 1.29 is 13.3 Å². The van der Waals surface area contributed by atoms with E-state index in [0.29, 0.717) is 11.4 Å². The molecule has 0 heterocycles. The van der Waals surface area contributed by atoms with Crippen molar-refractivity contribution in [1.82, 2.24) is 4.72 Å². The van der Waals surface area contributed by atoms with Crippen molar-refractivity contribution in [2.24, 2.45) is 0 Å². The molecule has 24 heavy (non-hydrogen) atoms. The van der Waals surface area contributed by atoms with Gasteiger partial charge < -0.3 is 0 Å². The normalized spacial score (nSPS) is 16.8.